The summed E-state index contributed by atoms with van der Waals surface area (Å²) in [5, 5.41) is 0.727. The van der Waals surface area contributed by atoms with Crippen molar-refractivity contribution in [1.82, 2.24) is 9.80 Å². The molecule has 0 radical (unpaired) electrons. The van der Waals surface area contributed by atoms with Gasteiger partial charge < -0.3 is 10.6 Å². The van der Waals surface area contributed by atoms with E-state index in [1.165, 1.54) is 16.9 Å². The van der Waals surface area contributed by atoms with E-state index in [4.69, 9.17) is 5.73 Å². The van der Waals surface area contributed by atoms with Crippen molar-refractivity contribution in [2.45, 2.75) is 39.2 Å². The Bertz CT molecular complexity index is 505. The van der Waals surface area contributed by atoms with Crippen LogP contribution < -0.4 is 5.73 Å². The van der Waals surface area contributed by atoms with Crippen LogP contribution in [-0.2, 0) is 13.0 Å². The number of rotatable bonds is 3. The molecule has 0 unspecified atom stereocenters. The molecule has 2 aliphatic rings. The predicted molar refractivity (Wildman–Crippen MR) is 83.1 cm³/mol. The van der Waals surface area contributed by atoms with Gasteiger partial charge in [-0.15, -0.1) is 11.3 Å². The second-order valence-electron chi connectivity index (χ2n) is 5.77. The van der Waals surface area contributed by atoms with Gasteiger partial charge in [0.25, 0.3) is 5.91 Å². The third-order valence-electron chi connectivity index (χ3n) is 4.31. The smallest absolute Gasteiger partial charge is 0.257 e. The maximum Gasteiger partial charge on any atom is 0.257 e. The van der Waals surface area contributed by atoms with Gasteiger partial charge in [0.2, 0.25) is 0 Å². The molecular formula is C15H23N3OS. The van der Waals surface area contributed by atoms with Crippen LogP contribution in [0.2, 0.25) is 0 Å². The predicted octanol–water partition coefficient (Wildman–Crippen LogP) is 2.33. The van der Waals surface area contributed by atoms with E-state index in [0.717, 1.165) is 62.6 Å². The highest BCUT2D eigenvalue weighted by Gasteiger charge is 2.30. The zero-order valence-corrected chi connectivity index (χ0v) is 13.0. The molecule has 0 aliphatic carbocycles. The lowest BCUT2D eigenvalue weighted by molar-refractivity contribution is 0.0792. The molecule has 2 N–H and O–H groups in total. The van der Waals surface area contributed by atoms with E-state index in [1.54, 1.807) is 11.3 Å². The highest BCUT2D eigenvalue weighted by Crippen LogP contribution is 2.36. The third kappa shape index (κ3) is 2.44. The number of nitrogens with zero attached hydrogens (tertiary/aromatic N) is 2. The van der Waals surface area contributed by atoms with Crippen LogP contribution in [-0.4, -0.2) is 41.9 Å². The summed E-state index contributed by atoms with van der Waals surface area (Å²) in [7, 11) is 0. The van der Waals surface area contributed by atoms with E-state index in [-0.39, 0.29) is 5.91 Å². The summed E-state index contributed by atoms with van der Waals surface area (Å²) in [4.78, 5) is 18.4. The van der Waals surface area contributed by atoms with Gasteiger partial charge >= 0.3 is 0 Å². The average Bonchev–Trinajstić information content (AvgIpc) is 3.04. The number of fused-ring (bicyclic) bond motifs is 1. The number of nitrogens with two attached hydrogens (primary N) is 1. The van der Waals surface area contributed by atoms with Crippen molar-refractivity contribution >= 4 is 22.2 Å². The van der Waals surface area contributed by atoms with E-state index in [0.29, 0.717) is 0 Å². The Kier molecular flexibility index (Phi) is 3.98. The Labute approximate surface area is 124 Å². The Morgan fingerprint density at radius 1 is 1.30 bits per heavy atom. The highest BCUT2D eigenvalue weighted by atomic mass is 32.1. The lowest BCUT2D eigenvalue weighted by atomic mass is 10.0. The quantitative estimate of drug-likeness (QED) is 0.930. The minimum Gasteiger partial charge on any atom is -0.390 e. The van der Waals surface area contributed by atoms with Crippen molar-refractivity contribution in [1.29, 1.82) is 0 Å². The van der Waals surface area contributed by atoms with Gasteiger partial charge in [0.15, 0.2) is 0 Å². The van der Waals surface area contributed by atoms with Crippen LogP contribution >= 0.6 is 11.3 Å². The Balaban J connectivity index is 1.84. The fraction of sp³-hybridized carbons (Fsp3) is 0.667. The van der Waals surface area contributed by atoms with E-state index >= 15 is 0 Å². The average molecular weight is 293 g/mol. The van der Waals surface area contributed by atoms with Gasteiger partial charge in [-0.2, -0.15) is 0 Å². The van der Waals surface area contributed by atoms with Gasteiger partial charge in [0.05, 0.1) is 10.6 Å². The van der Waals surface area contributed by atoms with Gasteiger partial charge in [-0.1, -0.05) is 6.92 Å². The third-order valence-corrected chi connectivity index (χ3v) is 5.36. The minimum absolute atomic E-state index is 0.168. The van der Waals surface area contributed by atoms with Gasteiger partial charge in [0, 0.05) is 31.1 Å². The van der Waals surface area contributed by atoms with Gasteiger partial charge in [-0.05, 0) is 37.8 Å². The molecule has 0 spiro atoms. The van der Waals surface area contributed by atoms with Gasteiger partial charge in [-0.3, -0.25) is 9.69 Å². The molecular weight excluding hydrogens is 270 g/mol. The van der Waals surface area contributed by atoms with Crippen molar-refractivity contribution in [2.75, 3.05) is 31.9 Å². The normalized spacial score (nSPS) is 19.4. The van der Waals surface area contributed by atoms with Gasteiger partial charge in [0.1, 0.15) is 0 Å². The zero-order valence-electron chi connectivity index (χ0n) is 12.2. The fourth-order valence-electron chi connectivity index (χ4n) is 3.30. The molecule has 0 bridgehead atoms. The van der Waals surface area contributed by atoms with Crippen LogP contribution in [0.25, 0.3) is 0 Å². The maximum atomic E-state index is 12.6. The lowest BCUT2D eigenvalue weighted by Gasteiger charge is -2.27. The lowest BCUT2D eigenvalue weighted by Crippen LogP contribution is -2.33. The Morgan fingerprint density at radius 2 is 2.05 bits per heavy atom. The fourth-order valence-corrected chi connectivity index (χ4v) is 4.45. The molecule has 3 rings (SSSR count). The van der Waals surface area contributed by atoms with Crippen LogP contribution in [0.1, 0.15) is 47.0 Å². The first kappa shape index (κ1) is 13.9. The monoisotopic (exact) mass is 293 g/mol. The molecule has 0 atom stereocenters. The number of nitrogen functional groups attached to an aromatic ring is 1. The number of amides is 1. The summed E-state index contributed by atoms with van der Waals surface area (Å²) >= 11 is 1.62. The van der Waals surface area contributed by atoms with Crippen LogP contribution in [0.15, 0.2) is 0 Å². The number of anilines is 1. The van der Waals surface area contributed by atoms with Crippen LogP contribution in [0, 0.1) is 0 Å². The summed E-state index contributed by atoms with van der Waals surface area (Å²) in [6, 6.07) is 0. The Hall–Kier alpha value is -1.07. The molecule has 2 aliphatic heterocycles. The number of thiophene rings is 1. The zero-order chi connectivity index (χ0) is 14.1. The largest absolute Gasteiger partial charge is 0.390 e. The highest BCUT2D eigenvalue weighted by molar-refractivity contribution is 7.16. The minimum atomic E-state index is 0.168. The number of likely N-dealkylation sites (tertiary alicyclic amines) is 1. The molecule has 4 nitrogen and oxygen atoms in total. The molecule has 0 aromatic carbocycles. The van der Waals surface area contributed by atoms with Crippen molar-refractivity contribution < 1.29 is 4.79 Å². The standard InChI is InChI=1S/C15H23N3OS/c1-2-6-17-9-5-11-12(10-17)20-14(16)13(11)15(19)18-7-3-4-8-18/h2-10,16H2,1H3. The molecule has 5 heteroatoms. The molecule has 0 saturated carbocycles. The molecule has 1 fully saturated rings. The molecule has 1 aromatic rings. The van der Waals surface area contributed by atoms with Crippen molar-refractivity contribution in [3.63, 3.8) is 0 Å². The summed E-state index contributed by atoms with van der Waals surface area (Å²) < 4.78 is 0. The van der Waals surface area contributed by atoms with Crippen molar-refractivity contribution in [3.8, 4) is 0 Å². The first-order valence-corrected chi connectivity index (χ1v) is 8.44. The van der Waals surface area contributed by atoms with Crippen molar-refractivity contribution in [3.05, 3.63) is 16.0 Å². The first-order valence-electron chi connectivity index (χ1n) is 7.62. The first-order chi connectivity index (χ1) is 9.70. The molecule has 1 saturated heterocycles. The number of carbonyl (C=O) groups excluding carboxylic acids is 1. The van der Waals surface area contributed by atoms with E-state index in [2.05, 4.69) is 11.8 Å². The summed E-state index contributed by atoms with van der Waals surface area (Å²) in [6.07, 6.45) is 4.40. The van der Waals surface area contributed by atoms with Crippen molar-refractivity contribution in [2.24, 2.45) is 0 Å². The van der Waals surface area contributed by atoms with Crippen LogP contribution in [0.4, 0.5) is 5.00 Å². The summed E-state index contributed by atoms with van der Waals surface area (Å²) in [5.41, 5.74) is 8.22. The topological polar surface area (TPSA) is 49.6 Å². The molecule has 3 heterocycles. The van der Waals surface area contributed by atoms with Crippen LogP contribution in [0.5, 0.6) is 0 Å². The molecule has 20 heavy (non-hydrogen) atoms. The second-order valence-corrected chi connectivity index (χ2v) is 6.91. The molecule has 1 aromatic heterocycles. The van der Waals surface area contributed by atoms with E-state index < -0.39 is 0 Å². The number of hydrogen-bond acceptors (Lipinski definition) is 4. The van der Waals surface area contributed by atoms with Gasteiger partial charge in [-0.25, -0.2) is 0 Å². The molecule has 1 amide bonds. The number of hydrogen-bond donors (Lipinski definition) is 1. The van der Waals surface area contributed by atoms with Crippen LogP contribution in [0.3, 0.4) is 0 Å². The second kappa shape index (κ2) is 5.74. The van der Waals surface area contributed by atoms with E-state index in [1.807, 2.05) is 4.90 Å². The summed E-state index contributed by atoms with van der Waals surface area (Å²) in [6.45, 7) is 7.14. The number of carbonyl (C=O) groups is 1. The Morgan fingerprint density at radius 3 is 2.75 bits per heavy atom. The summed E-state index contributed by atoms with van der Waals surface area (Å²) in [5.74, 6) is 0.168. The van der Waals surface area contributed by atoms with E-state index in [9.17, 15) is 4.79 Å². The maximum absolute atomic E-state index is 12.6. The SMILES string of the molecule is CCCN1CCc2c(sc(N)c2C(=O)N2CCCC2)C1. The molecule has 110 valence electrons.